The summed E-state index contributed by atoms with van der Waals surface area (Å²) in [5, 5.41) is 16.1. The van der Waals surface area contributed by atoms with Crippen molar-refractivity contribution in [2.75, 3.05) is 30.4 Å². The Labute approximate surface area is 276 Å². The first-order valence-corrected chi connectivity index (χ1v) is 17.8. The Kier molecular flexibility index (Phi) is 12.9. The lowest BCUT2D eigenvalue weighted by atomic mass is 10.1. The number of carboxylic acids is 1. The Hall–Kier alpha value is -4.23. The van der Waals surface area contributed by atoms with Crippen LogP contribution in [-0.2, 0) is 26.0 Å². The largest absolute Gasteiger partial charge is 0.495 e. The number of anilines is 2. The molecule has 3 N–H and O–H groups in total. The predicted octanol–water partition coefficient (Wildman–Crippen LogP) is 5.56. The van der Waals surface area contributed by atoms with Gasteiger partial charge in [0, 0.05) is 25.0 Å². The third kappa shape index (κ3) is 9.41. The molecule has 0 aliphatic carbocycles. The van der Waals surface area contributed by atoms with Crippen LogP contribution in [0.2, 0.25) is 0 Å². The number of benzene rings is 2. The number of para-hydroxylation sites is 1. The van der Waals surface area contributed by atoms with E-state index < -0.39 is 33.8 Å². The van der Waals surface area contributed by atoms with Crippen molar-refractivity contribution in [2.45, 2.75) is 88.5 Å². The molecule has 12 nitrogen and oxygen atoms in total. The highest BCUT2D eigenvalue weighted by Crippen LogP contribution is 2.32. The fourth-order valence-corrected chi connectivity index (χ4v) is 6.81. The molecule has 0 fully saturated rings. The number of aromatic carboxylic acids is 1. The molecule has 1 unspecified atom stereocenters. The van der Waals surface area contributed by atoms with Crippen molar-refractivity contribution >= 4 is 39.2 Å². The van der Waals surface area contributed by atoms with Crippen LogP contribution < -0.4 is 19.7 Å². The quantitative estimate of drug-likeness (QED) is 0.111. The van der Waals surface area contributed by atoms with Gasteiger partial charge in [-0.05, 0) is 42.7 Å². The zero-order valence-electron chi connectivity index (χ0n) is 27.1. The first kappa shape index (κ1) is 35.6. The number of aromatic nitrogens is 2. The number of rotatable bonds is 19. The second-order valence-electron chi connectivity index (χ2n) is 11.7. The third-order valence-electron chi connectivity index (χ3n) is 8.31. The number of fused-ring (bicyclic) bond motifs is 1. The van der Waals surface area contributed by atoms with E-state index in [2.05, 4.69) is 22.1 Å². The van der Waals surface area contributed by atoms with Crippen molar-refractivity contribution in [1.29, 1.82) is 0 Å². The second-order valence-corrected chi connectivity index (χ2v) is 13.5. The van der Waals surface area contributed by atoms with Crippen molar-refractivity contribution in [3.63, 3.8) is 0 Å². The van der Waals surface area contributed by atoms with Crippen LogP contribution in [0.1, 0.15) is 93.1 Å². The molecular formula is C34H45N5O7S. The summed E-state index contributed by atoms with van der Waals surface area (Å²) in [6.45, 7) is 2.82. The van der Waals surface area contributed by atoms with Crippen molar-refractivity contribution in [3.8, 4) is 5.75 Å². The van der Waals surface area contributed by atoms with Gasteiger partial charge in [-0.2, -0.15) is 5.10 Å². The summed E-state index contributed by atoms with van der Waals surface area (Å²) in [4.78, 5) is 40.7. The molecule has 0 saturated heterocycles. The SMILES string of the molecule is CCCCCCCCCCCCNS(=O)(=O)c1ccc(OC)c(NC(=O)C(C(=O)N2CCc3ccccc32)n2cc(C(=O)O)cn2)c1. The van der Waals surface area contributed by atoms with E-state index in [0.29, 0.717) is 25.1 Å². The van der Waals surface area contributed by atoms with E-state index in [0.717, 1.165) is 41.9 Å². The van der Waals surface area contributed by atoms with E-state index in [1.54, 1.807) is 12.1 Å². The fraction of sp³-hybridized carbons (Fsp3) is 0.471. The number of hydrogen-bond acceptors (Lipinski definition) is 7. The van der Waals surface area contributed by atoms with Crippen LogP contribution in [0.5, 0.6) is 5.75 Å². The predicted molar refractivity (Wildman–Crippen MR) is 179 cm³/mol. The molecule has 1 aliphatic rings. The minimum Gasteiger partial charge on any atom is -0.495 e. The van der Waals surface area contributed by atoms with Gasteiger partial charge in [-0.25, -0.2) is 22.6 Å². The first-order valence-electron chi connectivity index (χ1n) is 16.3. The lowest BCUT2D eigenvalue weighted by molar-refractivity contribution is -0.130. The number of carbonyl (C=O) groups excluding carboxylic acids is 2. The monoisotopic (exact) mass is 667 g/mol. The summed E-state index contributed by atoms with van der Waals surface area (Å²) in [6.07, 6.45) is 14.1. The van der Waals surface area contributed by atoms with Crippen LogP contribution in [0, 0.1) is 0 Å². The smallest absolute Gasteiger partial charge is 0.338 e. The molecule has 1 aromatic heterocycles. The molecular weight excluding hydrogens is 622 g/mol. The molecule has 0 radical (unpaired) electrons. The number of methoxy groups -OCH3 is 1. The van der Waals surface area contributed by atoms with Gasteiger partial charge in [-0.1, -0.05) is 82.9 Å². The summed E-state index contributed by atoms with van der Waals surface area (Å²) >= 11 is 0. The maximum atomic E-state index is 13.9. The minimum atomic E-state index is -3.91. The summed E-state index contributed by atoms with van der Waals surface area (Å²) in [6, 6.07) is 9.82. The normalized spacial score (nSPS) is 13.3. The molecule has 47 heavy (non-hydrogen) atoms. The topological polar surface area (TPSA) is 160 Å². The van der Waals surface area contributed by atoms with Gasteiger partial charge in [0.2, 0.25) is 16.1 Å². The van der Waals surface area contributed by atoms with Gasteiger partial charge in [0.25, 0.3) is 11.8 Å². The summed E-state index contributed by atoms with van der Waals surface area (Å²) in [5.74, 6) is -2.55. The molecule has 0 spiro atoms. The average molecular weight is 668 g/mol. The number of sulfonamides is 1. The van der Waals surface area contributed by atoms with Crippen LogP contribution in [0.4, 0.5) is 11.4 Å². The molecule has 13 heteroatoms. The molecule has 2 heterocycles. The highest BCUT2D eigenvalue weighted by Gasteiger charge is 2.37. The molecule has 2 aromatic carbocycles. The number of ether oxygens (including phenoxy) is 1. The van der Waals surface area contributed by atoms with Crippen molar-refractivity contribution in [3.05, 3.63) is 66.0 Å². The van der Waals surface area contributed by atoms with Crippen LogP contribution in [0.15, 0.2) is 59.8 Å². The molecule has 254 valence electrons. The molecule has 0 saturated carbocycles. The van der Waals surface area contributed by atoms with E-state index in [-0.39, 0.29) is 28.4 Å². The summed E-state index contributed by atoms with van der Waals surface area (Å²) in [5.41, 5.74) is 1.43. The van der Waals surface area contributed by atoms with Gasteiger partial charge in [-0.3, -0.25) is 9.59 Å². The van der Waals surface area contributed by atoms with Gasteiger partial charge in [0.05, 0.1) is 29.5 Å². The molecule has 2 amide bonds. The van der Waals surface area contributed by atoms with E-state index in [1.807, 2.05) is 12.1 Å². The molecule has 4 rings (SSSR count). The van der Waals surface area contributed by atoms with Crippen molar-refractivity contribution < 1.29 is 32.6 Å². The van der Waals surface area contributed by atoms with Gasteiger partial charge in [0.1, 0.15) is 5.75 Å². The van der Waals surface area contributed by atoms with Gasteiger partial charge in [0.15, 0.2) is 0 Å². The Bertz CT molecular complexity index is 1640. The van der Waals surface area contributed by atoms with Crippen molar-refractivity contribution in [2.24, 2.45) is 0 Å². The highest BCUT2D eigenvalue weighted by molar-refractivity contribution is 7.89. The molecule has 1 aliphatic heterocycles. The molecule has 1 atom stereocenters. The lowest BCUT2D eigenvalue weighted by Gasteiger charge is -2.24. The summed E-state index contributed by atoms with van der Waals surface area (Å²) in [7, 11) is -2.54. The van der Waals surface area contributed by atoms with Crippen LogP contribution in [0.25, 0.3) is 0 Å². The average Bonchev–Trinajstić information content (AvgIpc) is 3.72. The van der Waals surface area contributed by atoms with E-state index in [1.165, 1.54) is 68.7 Å². The Morgan fingerprint density at radius 3 is 2.32 bits per heavy atom. The second kappa shape index (κ2) is 17.1. The standard InChI is InChI=1S/C34H45N5O7S/c1-3-4-5-6-7-8-9-10-11-14-20-36-47(44,45)27-17-18-30(46-2)28(22-27)37-32(40)31(39-24-26(23-35-39)34(42)43)33(41)38-21-19-25-15-12-13-16-29(25)38/h12-13,15-18,22-24,31,36H,3-11,14,19-21H2,1-2H3,(H,37,40)(H,42,43). The zero-order valence-corrected chi connectivity index (χ0v) is 27.9. The first-order chi connectivity index (χ1) is 22.7. The van der Waals surface area contributed by atoms with E-state index in [4.69, 9.17) is 4.74 Å². The van der Waals surface area contributed by atoms with Gasteiger partial charge >= 0.3 is 5.97 Å². The summed E-state index contributed by atoms with van der Waals surface area (Å²) < 4.78 is 35.3. The highest BCUT2D eigenvalue weighted by atomic mass is 32.2. The number of amides is 2. The number of unbranched alkanes of at least 4 members (excludes halogenated alkanes) is 9. The zero-order chi connectivity index (χ0) is 33.8. The Balaban J connectivity index is 1.44. The number of carbonyl (C=O) groups is 3. The minimum absolute atomic E-state index is 0.0320. The number of hydrogen-bond donors (Lipinski definition) is 3. The van der Waals surface area contributed by atoms with Crippen LogP contribution in [0.3, 0.4) is 0 Å². The van der Waals surface area contributed by atoms with Gasteiger partial charge < -0.3 is 20.1 Å². The maximum Gasteiger partial charge on any atom is 0.338 e. The number of nitrogens with one attached hydrogen (secondary N) is 2. The number of nitrogens with zero attached hydrogens (tertiary/aromatic N) is 3. The molecule has 0 bridgehead atoms. The van der Waals surface area contributed by atoms with Crippen molar-refractivity contribution in [1.82, 2.24) is 14.5 Å². The van der Waals surface area contributed by atoms with Gasteiger partial charge in [-0.15, -0.1) is 0 Å². The van der Waals surface area contributed by atoms with Crippen LogP contribution >= 0.6 is 0 Å². The third-order valence-corrected chi connectivity index (χ3v) is 9.77. The van der Waals surface area contributed by atoms with E-state index in [9.17, 15) is 27.9 Å². The number of carboxylic acid groups (broad SMARTS) is 1. The maximum absolute atomic E-state index is 13.9. The molecule has 3 aromatic rings. The van der Waals surface area contributed by atoms with E-state index >= 15 is 0 Å². The fourth-order valence-electron chi connectivity index (χ4n) is 5.71. The lowest BCUT2D eigenvalue weighted by Crippen LogP contribution is -2.42. The van der Waals surface area contributed by atoms with Crippen LogP contribution in [-0.4, -0.2) is 61.3 Å². The Morgan fingerprint density at radius 2 is 1.66 bits per heavy atom. The Morgan fingerprint density at radius 1 is 0.979 bits per heavy atom.